The van der Waals surface area contributed by atoms with E-state index in [-0.39, 0.29) is 0 Å². The first-order valence-electron chi connectivity index (χ1n) is 14.6. The van der Waals surface area contributed by atoms with Crippen LogP contribution in [0, 0.1) is 18.3 Å². The van der Waals surface area contributed by atoms with Gasteiger partial charge in [0, 0.05) is 37.3 Å². The van der Waals surface area contributed by atoms with Gasteiger partial charge in [0.15, 0.2) is 5.69 Å². The maximum atomic E-state index is 9.21. The highest BCUT2D eigenvalue weighted by Gasteiger charge is 2.34. The number of likely N-dealkylation sites (tertiary alicyclic amines) is 1. The summed E-state index contributed by atoms with van der Waals surface area (Å²) < 4.78 is 2.48. The van der Waals surface area contributed by atoms with E-state index in [1.165, 1.54) is 50.6 Å². The number of piperidine rings is 1. The fourth-order valence-corrected chi connectivity index (χ4v) is 6.53. The van der Waals surface area contributed by atoms with Gasteiger partial charge in [0.25, 0.3) is 5.82 Å². The summed E-state index contributed by atoms with van der Waals surface area (Å²) in [6.07, 6.45) is 9.74. The molecule has 1 N–H and O–H groups in total. The maximum absolute atomic E-state index is 9.21. The molecule has 3 aromatic rings. The van der Waals surface area contributed by atoms with Crippen LogP contribution in [0.1, 0.15) is 74.5 Å². The van der Waals surface area contributed by atoms with E-state index in [9.17, 15) is 5.26 Å². The highest BCUT2D eigenvalue weighted by atomic mass is 15.2. The van der Waals surface area contributed by atoms with E-state index in [4.69, 9.17) is 4.99 Å². The van der Waals surface area contributed by atoms with Gasteiger partial charge in [0.1, 0.15) is 11.5 Å². The summed E-state index contributed by atoms with van der Waals surface area (Å²) >= 11 is 0. The Balaban J connectivity index is 1.25. The molecule has 0 saturated carbocycles. The topological polar surface area (TPSA) is 59.1 Å². The molecule has 202 valence electrons. The van der Waals surface area contributed by atoms with Gasteiger partial charge in [-0.15, -0.1) is 0 Å². The lowest BCUT2D eigenvalue weighted by Gasteiger charge is -2.33. The van der Waals surface area contributed by atoms with Gasteiger partial charge >= 0.3 is 0 Å². The van der Waals surface area contributed by atoms with E-state index < -0.39 is 0 Å². The van der Waals surface area contributed by atoms with Gasteiger partial charge in [-0.2, -0.15) is 5.26 Å². The van der Waals surface area contributed by atoms with Crippen molar-refractivity contribution < 1.29 is 4.57 Å². The molecule has 2 aromatic carbocycles. The zero-order valence-corrected chi connectivity index (χ0v) is 23.9. The lowest BCUT2D eigenvalue weighted by atomic mass is 9.94. The highest BCUT2D eigenvalue weighted by Crippen LogP contribution is 2.39. The fourth-order valence-electron chi connectivity index (χ4n) is 6.53. The van der Waals surface area contributed by atoms with Crippen molar-refractivity contribution in [3.63, 3.8) is 0 Å². The molecule has 5 heteroatoms. The van der Waals surface area contributed by atoms with Crippen LogP contribution < -0.4 is 4.57 Å². The van der Waals surface area contributed by atoms with Crippen molar-refractivity contribution in [1.82, 2.24) is 9.88 Å². The molecule has 5 nitrogen and oxygen atoms in total. The van der Waals surface area contributed by atoms with E-state index in [1.54, 1.807) is 0 Å². The van der Waals surface area contributed by atoms with E-state index in [0.717, 1.165) is 57.6 Å². The van der Waals surface area contributed by atoms with Gasteiger partial charge in [-0.3, -0.25) is 0 Å². The third-order valence-electron chi connectivity index (χ3n) is 8.83. The van der Waals surface area contributed by atoms with E-state index in [1.807, 2.05) is 12.1 Å². The monoisotopic (exact) mass is 528 g/mol. The van der Waals surface area contributed by atoms with E-state index in [0.29, 0.717) is 11.5 Å². The molecule has 40 heavy (non-hydrogen) atoms. The Bertz CT molecular complexity index is 1570. The third-order valence-corrected chi connectivity index (χ3v) is 8.83. The van der Waals surface area contributed by atoms with Crippen LogP contribution in [0.4, 0.5) is 0 Å². The maximum Gasteiger partial charge on any atom is 0.258 e. The number of imidazole rings is 1. The van der Waals surface area contributed by atoms with Gasteiger partial charge in [0.05, 0.1) is 24.1 Å². The number of rotatable bonds is 4. The lowest BCUT2D eigenvalue weighted by Crippen LogP contribution is -2.44. The molecule has 1 aromatic heterocycles. The predicted molar refractivity (Wildman–Crippen MR) is 162 cm³/mol. The number of amidine groups is 1. The van der Waals surface area contributed by atoms with Crippen molar-refractivity contribution >= 4 is 11.4 Å². The Hall–Kier alpha value is -4.17. The zero-order chi connectivity index (χ0) is 27.6. The number of nitrogens with one attached hydrogen (secondary N) is 1. The molecule has 0 radical (unpaired) electrons. The normalized spacial score (nSPS) is 17.9. The molecule has 3 aliphatic rings. The standard InChI is InChI=1S/C35H37N5/c1-4-40-25(3)33(28-8-6-5-7-9-28)38-34(40)29-16-18-39(19-17-29)35-32-21-31(27-14-11-26(22-36)12-15-27)20-30(32)13-10-24(2)23-37-35/h5-9,11-12,14-15,21,23,29H,4,10,13,16-20H2,1-3H3/p+1. The van der Waals surface area contributed by atoms with Crippen LogP contribution in [0.15, 0.2) is 88.6 Å². The summed E-state index contributed by atoms with van der Waals surface area (Å²) in [6.45, 7) is 9.65. The third kappa shape index (κ3) is 4.95. The number of allylic oxidation sites excluding steroid dienone is 3. The number of H-pyrrole nitrogens is 1. The fraction of sp³-hybridized carbons (Fsp3) is 0.343. The summed E-state index contributed by atoms with van der Waals surface area (Å²) in [5.74, 6) is 2.99. The molecule has 0 unspecified atom stereocenters. The number of aromatic amines is 1. The number of hydrogen-bond donors (Lipinski definition) is 1. The van der Waals surface area contributed by atoms with Gasteiger partial charge in [-0.25, -0.2) is 14.5 Å². The highest BCUT2D eigenvalue weighted by molar-refractivity contribution is 6.05. The van der Waals surface area contributed by atoms with Gasteiger partial charge in [-0.05, 0) is 75.3 Å². The molecule has 1 saturated heterocycles. The summed E-state index contributed by atoms with van der Waals surface area (Å²) in [6, 6.07) is 20.9. The van der Waals surface area contributed by atoms with Gasteiger partial charge in [0.2, 0.25) is 0 Å². The average molecular weight is 529 g/mol. The first-order valence-corrected chi connectivity index (χ1v) is 14.6. The minimum atomic E-state index is 0.501. The van der Waals surface area contributed by atoms with Crippen LogP contribution in [-0.2, 0) is 6.54 Å². The number of nitriles is 1. The Kier molecular flexibility index (Phi) is 7.26. The average Bonchev–Trinajstić information content (AvgIpc) is 3.56. The minimum Gasteiger partial charge on any atom is -0.356 e. The summed E-state index contributed by atoms with van der Waals surface area (Å²) in [5, 5.41) is 9.21. The van der Waals surface area contributed by atoms with Crippen LogP contribution in [-0.4, -0.2) is 28.8 Å². The van der Waals surface area contributed by atoms with Crippen LogP contribution in [0.3, 0.4) is 0 Å². The predicted octanol–water partition coefficient (Wildman–Crippen LogP) is 7.23. The van der Waals surface area contributed by atoms with Crippen molar-refractivity contribution in [2.45, 2.75) is 65.3 Å². The van der Waals surface area contributed by atoms with Crippen LogP contribution in [0.5, 0.6) is 0 Å². The molecule has 1 aliphatic carbocycles. The molecule has 3 heterocycles. The molecule has 0 atom stereocenters. The largest absolute Gasteiger partial charge is 0.356 e. The number of hydrogen-bond acceptors (Lipinski definition) is 3. The summed E-state index contributed by atoms with van der Waals surface area (Å²) in [4.78, 5) is 11.5. The van der Waals surface area contributed by atoms with Gasteiger partial charge < -0.3 is 4.90 Å². The first kappa shape index (κ1) is 26.1. The Morgan fingerprint density at radius 3 is 2.45 bits per heavy atom. The minimum absolute atomic E-state index is 0.501. The molecule has 0 spiro atoms. The van der Waals surface area contributed by atoms with Crippen LogP contribution in [0.25, 0.3) is 16.8 Å². The van der Waals surface area contributed by atoms with Crippen molar-refractivity contribution in [1.29, 1.82) is 5.26 Å². The molecule has 1 fully saturated rings. The molecule has 2 aliphatic heterocycles. The number of benzene rings is 2. The SMILES string of the molecule is CC[n+]1c(C2CCN(C3=NC=C(C)CCC4=C3C=C(c3ccc(C#N)cc3)C4)CC2)[nH]c(-c2ccccc2)c1C. The zero-order valence-electron chi connectivity index (χ0n) is 23.9. The first-order chi connectivity index (χ1) is 19.6. The molecule has 0 amide bonds. The Morgan fingerprint density at radius 1 is 1.00 bits per heavy atom. The lowest BCUT2D eigenvalue weighted by molar-refractivity contribution is -0.706. The second-order valence-electron chi connectivity index (χ2n) is 11.3. The number of nitrogens with zero attached hydrogens (tertiary/aromatic N) is 4. The summed E-state index contributed by atoms with van der Waals surface area (Å²) in [7, 11) is 0. The molecule has 6 rings (SSSR count). The van der Waals surface area contributed by atoms with E-state index >= 15 is 0 Å². The van der Waals surface area contributed by atoms with Crippen LogP contribution >= 0.6 is 0 Å². The molecule has 0 bridgehead atoms. The summed E-state index contributed by atoms with van der Waals surface area (Å²) in [5.41, 5.74) is 11.2. The van der Waals surface area contributed by atoms with Crippen molar-refractivity contribution in [3.05, 3.63) is 106 Å². The van der Waals surface area contributed by atoms with Crippen molar-refractivity contribution in [2.24, 2.45) is 4.99 Å². The molecular weight excluding hydrogens is 490 g/mol. The van der Waals surface area contributed by atoms with Crippen molar-refractivity contribution in [3.8, 4) is 17.3 Å². The van der Waals surface area contributed by atoms with Gasteiger partial charge in [-0.1, -0.05) is 53.6 Å². The number of aromatic nitrogens is 2. The van der Waals surface area contributed by atoms with Crippen LogP contribution in [0.2, 0.25) is 0 Å². The van der Waals surface area contributed by atoms with E-state index in [2.05, 4.69) is 96.0 Å². The quantitative estimate of drug-likeness (QED) is 0.363. The smallest absolute Gasteiger partial charge is 0.258 e. The van der Waals surface area contributed by atoms with Crippen molar-refractivity contribution in [2.75, 3.05) is 13.1 Å². The molecular formula is C35H38N5+. The Morgan fingerprint density at radius 2 is 1.75 bits per heavy atom. The number of aliphatic imine (C=N–C) groups is 1. The second kappa shape index (κ2) is 11.1. The Labute approximate surface area is 237 Å². The second-order valence-corrected chi connectivity index (χ2v) is 11.3.